The second-order valence-electron chi connectivity index (χ2n) is 4.21. The third-order valence-corrected chi connectivity index (χ3v) is 3.47. The van der Waals surface area contributed by atoms with Crippen LogP contribution in [-0.2, 0) is 6.54 Å². The molecule has 0 radical (unpaired) electrons. The minimum atomic E-state index is 0.479. The van der Waals surface area contributed by atoms with E-state index in [4.69, 9.17) is 16.3 Å². The fourth-order valence-electron chi connectivity index (χ4n) is 1.74. The van der Waals surface area contributed by atoms with Crippen LogP contribution in [0.1, 0.15) is 5.56 Å². The zero-order valence-corrected chi connectivity index (χ0v) is 13.2. The number of ether oxygens (including phenoxy) is 1. The van der Waals surface area contributed by atoms with Crippen LogP contribution in [-0.4, -0.2) is 6.61 Å². The molecule has 0 aromatic heterocycles. The van der Waals surface area contributed by atoms with Crippen molar-refractivity contribution in [2.24, 2.45) is 0 Å². The smallest absolute Gasteiger partial charge is 0.124 e. The Morgan fingerprint density at radius 3 is 2.65 bits per heavy atom. The summed E-state index contributed by atoms with van der Waals surface area (Å²) in [7, 11) is 0. The van der Waals surface area contributed by atoms with E-state index in [9.17, 15) is 0 Å². The highest BCUT2D eigenvalue weighted by atomic mass is 79.9. The van der Waals surface area contributed by atoms with Crippen LogP contribution in [0.5, 0.6) is 5.75 Å². The monoisotopic (exact) mass is 351 g/mol. The molecule has 2 aromatic carbocycles. The first-order valence-corrected chi connectivity index (χ1v) is 7.37. The molecule has 0 aliphatic carbocycles. The van der Waals surface area contributed by atoms with Crippen molar-refractivity contribution in [3.8, 4) is 5.75 Å². The van der Waals surface area contributed by atoms with Crippen LogP contribution >= 0.6 is 27.5 Å². The topological polar surface area (TPSA) is 21.3 Å². The molecular formula is C16H15BrClNO. The van der Waals surface area contributed by atoms with E-state index >= 15 is 0 Å². The molecule has 104 valence electrons. The fourth-order valence-corrected chi connectivity index (χ4v) is 2.20. The predicted octanol–water partition coefficient (Wildman–Crippen LogP) is 5.28. The van der Waals surface area contributed by atoms with Crippen LogP contribution in [0.4, 0.5) is 5.69 Å². The van der Waals surface area contributed by atoms with Crippen molar-refractivity contribution in [3.05, 3.63) is 70.2 Å². The summed E-state index contributed by atoms with van der Waals surface area (Å²) in [5.74, 6) is 0.818. The van der Waals surface area contributed by atoms with Gasteiger partial charge in [-0.05, 0) is 42.5 Å². The molecule has 2 aromatic rings. The van der Waals surface area contributed by atoms with Gasteiger partial charge in [-0.2, -0.15) is 0 Å². The molecule has 0 aliphatic heterocycles. The van der Waals surface area contributed by atoms with E-state index in [0.29, 0.717) is 18.2 Å². The Hall–Kier alpha value is -1.45. The van der Waals surface area contributed by atoms with Crippen molar-refractivity contribution < 1.29 is 4.74 Å². The van der Waals surface area contributed by atoms with Crippen molar-refractivity contribution >= 4 is 33.2 Å². The van der Waals surface area contributed by atoms with E-state index in [1.54, 1.807) is 6.08 Å². The Labute approximate surface area is 132 Å². The van der Waals surface area contributed by atoms with Crippen molar-refractivity contribution in [1.29, 1.82) is 0 Å². The van der Waals surface area contributed by atoms with Gasteiger partial charge in [-0.25, -0.2) is 0 Å². The van der Waals surface area contributed by atoms with Gasteiger partial charge in [0.2, 0.25) is 0 Å². The van der Waals surface area contributed by atoms with Crippen LogP contribution in [0.2, 0.25) is 5.02 Å². The van der Waals surface area contributed by atoms with Gasteiger partial charge in [0, 0.05) is 27.3 Å². The lowest BCUT2D eigenvalue weighted by Crippen LogP contribution is -2.03. The summed E-state index contributed by atoms with van der Waals surface area (Å²) in [5.41, 5.74) is 2.06. The fraction of sp³-hybridized carbons (Fsp3) is 0.125. The first-order chi connectivity index (χ1) is 9.69. The second-order valence-corrected chi connectivity index (χ2v) is 5.56. The molecule has 0 amide bonds. The quantitative estimate of drug-likeness (QED) is 0.714. The first-order valence-electron chi connectivity index (χ1n) is 6.20. The number of nitrogens with one attached hydrogen (secondary N) is 1. The van der Waals surface area contributed by atoms with E-state index in [2.05, 4.69) is 27.8 Å². The Balaban J connectivity index is 2.09. The number of halogens is 2. The van der Waals surface area contributed by atoms with Crippen molar-refractivity contribution in [3.63, 3.8) is 0 Å². The molecule has 0 saturated carbocycles. The third-order valence-electron chi connectivity index (χ3n) is 2.71. The molecule has 0 saturated heterocycles. The van der Waals surface area contributed by atoms with Crippen molar-refractivity contribution in [2.75, 3.05) is 11.9 Å². The lowest BCUT2D eigenvalue weighted by Gasteiger charge is -2.12. The molecule has 2 nitrogen and oxygen atoms in total. The highest BCUT2D eigenvalue weighted by molar-refractivity contribution is 9.10. The summed E-state index contributed by atoms with van der Waals surface area (Å²) < 4.78 is 6.68. The van der Waals surface area contributed by atoms with Crippen LogP contribution in [0.15, 0.2) is 59.6 Å². The van der Waals surface area contributed by atoms with Gasteiger partial charge in [0.1, 0.15) is 12.4 Å². The minimum Gasteiger partial charge on any atom is -0.489 e. The zero-order chi connectivity index (χ0) is 14.4. The summed E-state index contributed by atoms with van der Waals surface area (Å²) in [5, 5.41) is 4.04. The number of rotatable bonds is 6. The Kier molecular flexibility index (Phi) is 5.50. The van der Waals surface area contributed by atoms with Gasteiger partial charge in [0.25, 0.3) is 0 Å². The second kappa shape index (κ2) is 7.36. The number of anilines is 1. The number of benzene rings is 2. The van der Waals surface area contributed by atoms with Crippen molar-refractivity contribution in [2.45, 2.75) is 6.54 Å². The Morgan fingerprint density at radius 2 is 1.95 bits per heavy atom. The van der Waals surface area contributed by atoms with Crippen LogP contribution < -0.4 is 10.1 Å². The average molecular weight is 353 g/mol. The van der Waals surface area contributed by atoms with E-state index in [-0.39, 0.29) is 0 Å². The molecule has 4 heteroatoms. The highest BCUT2D eigenvalue weighted by Gasteiger charge is 2.04. The normalized spacial score (nSPS) is 10.1. The molecule has 1 N–H and O–H groups in total. The van der Waals surface area contributed by atoms with Gasteiger partial charge in [-0.1, -0.05) is 40.2 Å². The molecule has 0 atom stereocenters. The lowest BCUT2D eigenvalue weighted by molar-refractivity contribution is 0.359. The van der Waals surface area contributed by atoms with Gasteiger partial charge in [-0.15, -0.1) is 0 Å². The third kappa shape index (κ3) is 4.29. The SMILES string of the molecule is C=CCOc1ccc(Cl)cc1CNc1ccc(Br)cc1. The van der Waals surface area contributed by atoms with Gasteiger partial charge in [0.15, 0.2) is 0 Å². The van der Waals surface area contributed by atoms with E-state index in [1.165, 1.54) is 0 Å². The lowest BCUT2D eigenvalue weighted by atomic mass is 10.2. The molecule has 0 unspecified atom stereocenters. The van der Waals surface area contributed by atoms with E-state index in [1.807, 2.05) is 42.5 Å². The van der Waals surface area contributed by atoms with E-state index in [0.717, 1.165) is 21.5 Å². The standard InChI is InChI=1S/C16H15BrClNO/c1-2-9-20-16-8-5-14(18)10-12(16)11-19-15-6-3-13(17)4-7-15/h2-8,10,19H,1,9,11H2. The van der Waals surface area contributed by atoms with Gasteiger partial charge < -0.3 is 10.1 Å². The highest BCUT2D eigenvalue weighted by Crippen LogP contribution is 2.24. The molecule has 0 spiro atoms. The summed E-state index contributed by atoms with van der Waals surface area (Å²) in [6.45, 7) is 4.78. The maximum absolute atomic E-state index is 6.04. The Morgan fingerprint density at radius 1 is 1.20 bits per heavy atom. The van der Waals surface area contributed by atoms with Gasteiger partial charge in [-0.3, -0.25) is 0 Å². The summed E-state index contributed by atoms with van der Waals surface area (Å²) in [4.78, 5) is 0. The van der Waals surface area contributed by atoms with Crippen LogP contribution in [0.25, 0.3) is 0 Å². The average Bonchev–Trinajstić information content (AvgIpc) is 2.46. The number of hydrogen-bond acceptors (Lipinski definition) is 2. The van der Waals surface area contributed by atoms with Crippen LogP contribution in [0.3, 0.4) is 0 Å². The van der Waals surface area contributed by atoms with Gasteiger partial charge >= 0.3 is 0 Å². The molecule has 0 bridgehead atoms. The molecule has 0 aliphatic rings. The zero-order valence-electron chi connectivity index (χ0n) is 10.9. The molecule has 0 heterocycles. The maximum Gasteiger partial charge on any atom is 0.124 e. The summed E-state index contributed by atoms with van der Waals surface area (Å²) in [6, 6.07) is 13.6. The van der Waals surface area contributed by atoms with Crippen LogP contribution in [0, 0.1) is 0 Å². The molecule has 20 heavy (non-hydrogen) atoms. The largest absolute Gasteiger partial charge is 0.489 e. The van der Waals surface area contributed by atoms with Crippen molar-refractivity contribution in [1.82, 2.24) is 0 Å². The molecule has 2 rings (SSSR count). The van der Waals surface area contributed by atoms with E-state index < -0.39 is 0 Å². The predicted molar refractivity (Wildman–Crippen MR) is 88.6 cm³/mol. The number of hydrogen-bond donors (Lipinski definition) is 1. The minimum absolute atomic E-state index is 0.479. The molecule has 0 fully saturated rings. The van der Waals surface area contributed by atoms with Gasteiger partial charge in [0.05, 0.1) is 0 Å². The maximum atomic E-state index is 6.04. The molecular weight excluding hydrogens is 338 g/mol. The Bertz CT molecular complexity index is 584. The first kappa shape index (κ1) is 14.9. The summed E-state index contributed by atoms with van der Waals surface area (Å²) >= 11 is 9.46. The summed E-state index contributed by atoms with van der Waals surface area (Å²) in [6.07, 6.45) is 1.72.